The maximum absolute atomic E-state index is 8.94. The van der Waals surface area contributed by atoms with Gasteiger partial charge in [0.2, 0.25) is 0 Å². The molecule has 0 fully saturated rings. The van der Waals surface area contributed by atoms with Crippen molar-refractivity contribution in [2.24, 2.45) is 0 Å². The van der Waals surface area contributed by atoms with E-state index >= 15 is 0 Å². The van der Waals surface area contributed by atoms with E-state index in [0.717, 1.165) is 0 Å². The van der Waals surface area contributed by atoms with E-state index < -0.39 is 0 Å². The fraction of sp³-hybridized carbons (Fsp3) is 0. The summed E-state index contributed by atoms with van der Waals surface area (Å²) in [6.45, 7) is 27.0. The second-order valence-corrected chi connectivity index (χ2v) is 0.285. The standard InChI is InChI=1S/C3H2O.6CO.2Co/c1-2-3-4;6*1-2;;/h1,3H;;;;;;;;. The largest absolute Gasteiger partial charge is 0 e. The Hall–Kier alpha value is -1.32. The molecule has 0 saturated carbocycles. The van der Waals surface area contributed by atoms with Crippen LogP contribution in [0.15, 0.2) is 0 Å². The second kappa shape index (κ2) is 7250. The average molecular weight is 340 g/mol. The maximum Gasteiger partial charge on any atom is 0 e. The van der Waals surface area contributed by atoms with Gasteiger partial charge in [0.25, 0.3) is 0 Å². The topological polar surface area (TPSA) is 136 Å². The number of rotatable bonds is 0. The van der Waals surface area contributed by atoms with Gasteiger partial charge >= 0.3 is 67.8 Å². The SMILES string of the molecule is C#CC=O.[C-]#[O+].[C-]#[O+].[C-]#[O+].[C-]#[O+].[C-]#[O+].[C-]#[O+].[Co].[Co]. The van der Waals surface area contributed by atoms with Gasteiger partial charge in [0.15, 0.2) is 6.29 Å². The minimum absolute atomic E-state index is 0. The first-order chi connectivity index (χ1) is 7.91. The Labute approximate surface area is 125 Å². The van der Waals surface area contributed by atoms with Crippen LogP contribution in [0.3, 0.4) is 0 Å². The van der Waals surface area contributed by atoms with Crippen molar-refractivity contribution in [1.82, 2.24) is 0 Å². The quantitative estimate of drug-likeness (QED) is 0.252. The van der Waals surface area contributed by atoms with E-state index in [0.29, 0.717) is 6.29 Å². The number of terminal acetylenes is 1. The van der Waals surface area contributed by atoms with Crippen LogP contribution in [-0.4, -0.2) is 6.29 Å². The van der Waals surface area contributed by atoms with Gasteiger partial charge in [-0.15, -0.1) is 6.42 Å². The molecule has 18 heavy (non-hydrogen) atoms. The van der Waals surface area contributed by atoms with Gasteiger partial charge < -0.3 is 0 Å². The third kappa shape index (κ3) is 27400. The summed E-state index contributed by atoms with van der Waals surface area (Å²) in [6.07, 6.45) is 4.81. The maximum atomic E-state index is 8.94. The molecule has 7 nitrogen and oxygen atoms in total. The summed E-state index contributed by atoms with van der Waals surface area (Å²) in [4.78, 5) is 8.94. The zero-order valence-electron chi connectivity index (χ0n) is 8.18. The van der Waals surface area contributed by atoms with Gasteiger partial charge in [0, 0.05) is 33.6 Å². The molecule has 98 valence electrons. The van der Waals surface area contributed by atoms with E-state index in [2.05, 4.69) is 46.3 Å². The van der Waals surface area contributed by atoms with Gasteiger partial charge in [0.1, 0.15) is 0 Å². The van der Waals surface area contributed by atoms with Crippen LogP contribution < -0.4 is 0 Å². The van der Waals surface area contributed by atoms with Crippen molar-refractivity contribution in [3.05, 3.63) is 39.9 Å². The van der Waals surface area contributed by atoms with Crippen molar-refractivity contribution in [3.8, 4) is 12.3 Å². The first-order valence-corrected chi connectivity index (χ1v) is 2.04. The molecule has 0 N–H and O–H groups in total. The van der Waals surface area contributed by atoms with Gasteiger partial charge in [-0.25, -0.2) is 0 Å². The number of carbonyl (C=O) groups excluding carboxylic acids is 1. The van der Waals surface area contributed by atoms with Gasteiger partial charge in [-0.3, -0.25) is 4.79 Å². The molecular weight excluding hydrogens is 338 g/mol. The van der Waals surface area contributed by atoms with E-state index in [-0.39, 0.29) is 33.6 Å². The summed E-state index contributed by atoms with van der Waals surface area (Å²) in [5.74, 6) is 1.75. The third-order valence-electron chi connectivity index (χ3n) is 0.0680. The summed E-state index contributed by atoms with van der Waals surface area (Å²) in [6, 6.07) is 0. The summed E-state index contributed by atoms with van der Waals surface area (Å²) < 4.78 is 45.0. The molecule has 0 aromatic heterocycles. The fourth-order valence-corrected chi connectivity index (χ4v) is 0. The molecule has 0 aliphatic heterocycles. The van der Waals surface area contributed by atoms with Crippen molar-refractivity contribution >= 4 is 6.29 Å². The zero-order chi connectivity index (χ0) is 15.4. The molecule has 9 heteroatoms. The molecule has 0 heterocycles. The molecule has 0 aliphatic rings. The normalized spacial score (nSPS) is 1.50. The number of aldehydes is 1. The number of carbonyl (C=O) groups is 1. The molecule has 0 bridgehead atoms. The van der Waals surface area contributed by atoms with Crippen molar-refractivity contribution in [2.75, 3.05) is 0 Å². The molecule has 0 aliphatic carbocycles. The Bertz CT molecular complexity index is 195. The molecule has 0 amide bonds. The Kier molecular flexibility index (Phi) is 28000. The molecule has 0 aromatic rings. The van der Waals surface area contributed by atoms with Crippen molar-refractivity contribution in [2.45, 2.75) is 0 Å². The van der Waals surface area contributed by atoms with Crippen molar-refractivity contribution < 1.29 is 66.3 Å². The Balaban J connectivity index is -0.00000000758. The van der Waals surface area contributed by atoms with Gasteiger partial charge in [-0.1, -0.05) is 0 Å². The van der Waals surface area contributed by atoms with Crippen LogP contribution in [0.1, 0.15) is 0 Å². The monoisotopic (exact) mass is 340 g/mol. The van der Waals surface area contributed by atoms with E-state index in [1.165, 1.54) is 0 Å². The van der Waals surface area contributed by atoms with E-state index in [9.17, 15) is 0 Å². The minimum Gasteiger partial charge on any atom is 0 e. The van der Waals surface area contributed by atoms with Crippen LogP contribution >= 0.6 is 0 Å². The number of hydrogen-bond donors (Lipinski definition) is 0. The molecule has 0 spiro atoms. The molecular formula is C9H2Co2O7. The molecule has 0 rings (SSSR count). The van der Waals surface area contributed by atoms with Crippen molar-refractivity contribution in [1.29, 1.82) is 0 Å². The number of hydrogen-bond acceptors (Lipinski definition) is 1. The van der Waals surface area contributed by atoms with Crippen LogP contribution in [0.25, 0.3) is 0 Å². The Morgan fingerprint density at radius 1 is 0.667 bits per heavy atom. The zero-order valence-corrected chi connectivity index (χ0v) is 10.3. The summed E-state index contributed by atoms with van der Waals surface area (Å²) in [5.41, 5.74) is 0. The van der Waals surface area contributed by atoms with Crippen LogP contribution in [-0.2, 0) is 66.3 Å². The third-order valence-corrected chi connectivity index (χ3v) is 0.0680. The predicted molar refractivity (Wildman–Crippen MR) is 38.5 cm³/mol. The fourth-order valence-electron chi connectivity index (χ4n) is 0. The average Bonchev–Trinajstić information content (AvgIpc) is 2.51. The van der Waals surface area contributed by atoms with Crippen LogP contribution in [0, 0.1) is 52.2 Å². The van der Waals surface area contributed by atoms with E-state index in [4.69, 9.17) is 32.7 Å². The van der Waals surface area contributed by atoms with Gasteiger partial charge in [-0.2, -0.15) is 0 Å². The Morgan fingerprint density at radius 2 is 0.722 bits per heavy atom. The van der Waals surface area contributed by atoms with Gasteiger partial charge in [0.05, 0.1) is 0 Å². The molecule has 0 saturated heterocycles. The summed E-state index contributed by atoms with van der Waals surface area (Å²) in [7, 11) is 0. The van der Waals surface area contributed by atoms with Crippen LogP contribution in [0.5, 0.6) is 0 Å². The molecule has 0 atom stereocenters. The Morgan fingerprint density at radius 3 is 0.722 bits per heavy atom. The van der Waals surface area contributed by atoms with E-state index in [1.807, 2.05) is 0 Å². The van der Waals surface area contributed by atoms with Crippen LogP contribution in [0.2, 0.25) is 0 Å². The van der Waals surface area contributed by atoms with Gasteiger partial charge in [-0.05, 0) is 5.92 Å². The van der Waals surface area contributed by atoms with Crippen molar-refractivity contribution in [3.63, 3.8) is 0 Å². The van der Waals surface area contributed by atoms with E-state index in [1.54, 1.807) is 5.92 Å². The molecule has 2 radical (unpaired) electrons. The minimum atomic E-state index is 0. The molecule has 0 aromatic carbocycles. The summed E-state index contributed by atoms with van der Waals surface area (Å²) >= 11 is 0. The molecule has 0 unspecified atom stereocenters. The van der Waals surface area contributed by atoms with Crippen LogP contribution in [0.4, 0.5) is 0 Å². The predicted octanol–water partition coefficient (Wildman–Crippen LogP) is -0.412. The summed E-state index contributed by atoms with van der Waals surface area (Å²) in [5, 5.41) is 0. The first kappa shape index (κ1) is 69.5. The second-order valence-electron chi connectivity index (χ2n) is 0.285. The first-order valence-electron chi connectivity index (χ1n) is 2.04. The smallest absolute Gasteiger partial charge is 0 e.